The van der Waals surface area contributed by atoms with Gasteiger partial charge in [0.15, 0.2) is 11.5 Å². The van der Waals surface area contributed by atoms with Gasteiger partial charge in [0.1, 0.15) is 23.5 Å². The first-order chi connectivity index (χ1) is 18.7. The van der Waals surface area contributed by atoms with Crippen molar-refractivity contribution in [2.24, 2.45) is 0 Å². The molecule has 1 aromatic carbocycles. The van der Waals surface area contributed by atoms with Crippen molar-refractivity contribution in [2.45, 2.75) is 69.7 Å². The van der Waals surface area contributed by atoms with Gasteiger partial charge in [-0.3, -0.25) is 4.79 Å². The van der Waals surface area contributed by atoms with Crippen molar-refractivity contribution in [3.8, 4) is 0 Å². The number of anilines is 2. The highest BCUT2D eigenvalue weighted by atomic mass is 16.5. The number of fused-ring (bicyclic) bond motifs is 2. The van der Waals surface area contributed by atoms with Gasteiger partial charge in [-0.1, -0.05) is 19.1 Å². The second-order valence-electron chi connectivity index (χ2n) is 11.1. The first kappa shape index (κ1) is 25.5. The molecule has 0 bridgehead atoms. The molecular weight excluding hydrogens is 498 g/mol. The van der Waals surface area contributed by atoms with E-state index < -0.39 is 11.2 Å². The largest absolute Gasteiger partial charge is 0.386 e. The fraction of sp³-hybridized carbons (Fsp3) is 0.519. The van der Waals surface area contributed by atoms with Crippen molar-refractivity contribution in [3.63, 3.8) is 0 Å². The standard InChI is InChI=1S/C27H35N9O3/c1-3-6-20-31-17-7-4-5-8-18(17)35(20)14-21(37)34-11-9-27(10-12-34)13-19(26(2,38)15-39-27)36-16-30-22-23(28)32-25(29)33-24(22)36/h4-5,7-8,16,19,38H,3,6,9-15H2,1-2H3,(H4,28,29,32,33)/t19-,26-/m0/s1. The summed E-state index contributed by atoms with van der Waals surface area (Å²) in [6.45, 7) is 5.46. The minimum absolute atomic E-state index is 0.0581. The van der Waals surface area contributed by atoms with Crippen LogP contribution in [-0.4, -0.2) is 75.9 Å². The molecule has 2 atom stereocenters. The normalized spacial score (nSPS) is 23.2. The third kappa shape index (κ3) is 4.47. The van der Waals surface area contributed by atoms with E-state index in [0.717, 1.165) is 29.7 Å². The number of carbonyl (C=O) groups excluding carboxylic acids is 1. The van der Waals surface area contributed by atoms with Crippen molar-refractivity contribution < 1.29 is 14.6 Å². The Kier molecular flexibility index (Phi) is 6.18. The highest BCUT2D eigenvalue weighted by molar-refractivity contribution is 5.83. The molecule has 2 fully saturated rings. The molecule has 0 aliphatic carbocycles. The van der Waals surface area contributed by atoms with Crippen LogP contribution in [0.5, 0.6) is 0 Å². The van der Waals surface area contributed by atoms with Gasteiger partial charge in [-0.05, 0) is 38.3 Å². The number of benzene rings is 1. The number of nitrogens with two attached hydrogens (primary N) is 2. The first-order valence-corrected chi connectivity index (χ1v) is 13.5. The average molecular weight is 534 g/mol. The number of nitrogens with zero attached hydrogens (tertiary/aromatic N) is 7. The van der Waals surface area contributed by atoms with Gasteiger partial charge in [0.05, 0.1) is 35.6 Å². The van der Waals surface area contributed by atoms with E-state index >= 15 is 0 Å². The summed E-state index contributed by atoms with van der Waals surface area (Å²) in [5.41, 5.74) is 13.1. The Labute approximate surface area is 226 Å². The van der Waals surface area contributed by atoms with Gasteiger partial charge in [0.2, 0.25) is 11.9 Å². The zero-order chi connectivity index (χ0) is 27.4. The number of aliphatic hydroxyl groups is 1. The van der Waals surface area contributed by atoms with Gasteiger partial charge in [-0.25, -0.2) is 9.97 Å². The summed E-state index contributed by atoms with van der Waals surface area (Å²) < 4.78 is 10.2. The zero-order valence-electron chi connectivity index (χ0n) is 22.4. The highest BCUT2D eigenvalue weighted by Gasteiger charge is 2.50. The number of aryl methyl sites for hydroxylation is 1. The van der Waals surface area contributed by atoms with E-state index in [1.807, 2.05) is 33.7 Å². The molecule has 39 heavy (non-hydrogen) atoms. The van der Waals surface area contributed by atoms with Crippen LogP contribution in [0.3, 0.4) is 0 Å². The molecule has 12 nitrogen and oxygen atoms in total. The van der Waals surface area contributed by atoms with Gasteiger partial charge < -0.3 is 35.3 Å². The van der Waals surface area contributed by atoms with E-state index in [4.69, 9.17) is 21.2 Å². The molecule has 0 unspecified atom stereocenters. The maximum atomic E-state index is 13.4. The summed E-state index contributed by atoms with van der Waals surface area (Å²) in [5, 5.41) is 11.3. The third-order valence-corrected chi connectivity index (χ3v) is 8.28. The predicted octanol–water partition coefficient (Wildman–Crippen LogP) is 2.07. The molecular formula is C27H35N9O3. The number of rotatable bonds is 5. The second-order valence-corrected chi connectivity index (χ2v) is 11.1. The number of para-hydroxylation sites is 2. The van der Waals surface area contributed by atoms with Gasteiger partial charge in [0, 0.05) is 25.9 Å². The Hall–Kier alpha value is -3.77. The Morgan fingerprint density at radius 3 is 2.72 bits per heavy atom. The van der Waals surface area contributed by atoms with Gasteiger partial charge >= 0.3 is 0 Å². The van der Waals surface area contributed by atoms with E-state index in [0.29, 0.717) is 43.5 Å². The van der Waals surface area contributed by atoms with Crippen molar-refractivity contribution in [3.05, 3.63) is 36.4 Å². The number of amides is 1. The van der Waals surface area contributed by atoms with Crippen LogP contribution in [0.4, 0.5) is 11.8 Å². The molecule has 2 saturated heterocycles. The highest BCUT2D eigenvalue weighted by Crippen LogP contribution is 2.44. The second kappa shape index (κ2) is 9.45. The number of hydrogen-bond donors (Lipinski definition) is 3. The fourth-order valence-corrected chi connectivity index (χ4v) is 6.07. The number of imidazole rings is 2. The van der Waals surface area contributed by atoms with E-state index in [1.165, 1.54) is 0 Å². The Bertz CT molecular complexity index is 1530. The lowest BCUT2D eigenvalue weighted by molar-refractivity contribution is -0.201. The monoisotopic (exact) mass is 533 g/mol. The average Bonchev–Trinajstić information content (AvgIpc) is 3.48. The summed E-state index contributed by atoms with van der Waals surface area (Å²) in [6, 6.07) is 7.60. The van der Waals surface area contributed by atoms with Crippen molar-refractivity contribution in [1.29, 1.82) is 0 Å². The van der Waals surface area contributed by atoms with Crippen molar-refractivity contribution >= 4 is 39.9 Å². The summed E-state index contributed by atoms with van der Waals surface area (Å²) in [5.74, 6) is 1.28. The van der Waals surface area contributed by atoms with Crippen molar-refractivity contribution in [2.75, 3.05) is 31.2 Å². The Morgan fingerprint density at radius 2 is 1.95 bits per heavy atom. The third-order valence-electron chi connectivity index (χ3n) is 8.28. The number of likely N-dealkylation sites (tertiary alicyclic amines) is 1. The summed E-state index contributed by atoms with van der Waals surface area (Å²) in [6.07, 6.45) is 5.31. The van der Waals surface area contributed by atoms with Crippen LogP contribution >= 0.6 is 0 Å². The lowest BCUT2D eigenvalue weighted by atomic mass is 9.77. The number of carbonyl (C=O) groups is 1. The summed E-state index contributed by atoms with van der Waals surface area (Å²) in [4.78, 5) is 32.9. The SMILES string of the molecule is CCCc1nc2ccccc2n1CC(=O)N1CCC2(CC1)C[C@H](n1cnc3c(N)nc(N)nc31)[C@@](C)(O)CO2. The van der Waals surface area contributed by atoms with Crippen LogP contribution in [0.1, 0.15) is 51.4 Å². The van der Waals surface area contributed by atoms with Crippen LogP contribution < -0.4 is 11.5 Å². The predicted molar refractivity (Wildman–Crippen MR) is 147 cm³/mol. The molecule has 1 amide bonds. The molecule has 0 radical (unpaired) electrons. The van der Waals surface area contributed by atoms with Crippen LogP contribution in [-0.2, 0) is 22.5 Å². The number of hydrogen-bond acceptors (Lipinski definition) is 9. The smallest absolute Gasteiger partial charge is 0.242 e. The van der Waals surface area contributed by atoms with Crippen LogP contribution in [0.2, 0.25) is 0 Å². The topological polar surface area (TPSA) is 163 Å². The van der Waals surface area contributed by atoms with Crippen LogP contribution in [0.15, 0.2) is 30.6 Å². The summed E-state index contributed by atoms with van der Waals surface area (Å²) in [7, 11) is 0. The maximum Gasteiger partial charge on any atom is 0.242 e. The molecule has 2 aliphatic rings. The van der Waals surface area contributed by atoms with E-state index in [-0.39, 0.29) is 36.9 Å². The van der Waals surface area contributed by atoms with E-state index in [1.54, 1.807) is 13.3 Å². The number of ether oxygens (including phenoxy) is 1. The number of piperidine rings is 1. The molecule has 5 heterocycles. The molecule has 0 saturated carbocycles. The zero-order valence-corrected chi connectivity index (χ0v) is 22.4. The minimum Gasteiger partial charge on any atom is -0.386 e. The fourth-order valence-electron chi connectivity index (χ4n) is 6.07. The molecule has 1 spiro atoms. The molecule has 4 aromatic rings. The first-order valence-electron chi connectivity index (χ1n) is 13.5. The quantitative estimate of drug-likeness (QED) is 0.348. The van der Waals surface area contributed by atoms with E-state index in [9.17, 15) is 9.90 Å². The van der Waals surface area contributed by atoms with E-state index in [2.05, 4.69) is 26.4 Å². The summed E-state index contributed by atoms with van der Waals surface area (Å²) >= 11 is 0. The lowest BCUT2D eigenvalue weighted by Gasteiger charge is -2.51. The Morgan fingerprint density at radius 1 is 1.18 bits per heavy atom. The van der Waals surface area contributed by atoms with Crippen molar-refractivity contribution in [1.82, 2.24) is 34.0 Å². The minimum atomic E-state index is -1.15. The van der Waals surface area contributed by atoms with Gasteiger partial charge in [-0.15, -0.1) is 0 Å². The van der Waals surface area contributed by atoms with Crippen LogP contribution in [0.25, 0.3) is 22.2 Å². The molecule has 5 N–H and O–H groups in total. The molecule has 3 aromatic heterocycles. The lowest BCUT2D eigenvalue weighted by Crippen LogP contribution is -2.57. The number of nitrogen functional groups attached to an aromatic ring is 2. The number of aromatic nitrogens is 6. The Balaban J connectivity index is 1.19. The maximum absolute atomic E-state index is 13.4. The molecule has 2 aliphatic heterocycles. The van der Waals surface area contributed by atoms with Crippen LogP contribution in [0, 0.1) is 0 Å². The molecule has 206 valence electrons. The molecule has 6 rings (SSSR count). The van der Waals surface area contributed by atoms with Gasteiger partial charge in [-0.2, -0.15) is 9.97 Å². The molecule has 12 heteroatoms. The van der Waals surface area contributed by atoms with Gasteiger partial charge in [0.25, 0.3) is 0 Å².